The lowest BCUT2D eigenvalue weighted by atomic mass is 10.1. The Morgan fingerprint density at radius 2 is 1.97 bits per heavy atom. The molecule has 9 heteroatoms. The number of anilines is 1. The Morgan fingerprint density at radius 1 is 1.18 bits per heavy atom. The van der Waals surface area contributed by atoms with Crippen LogP contribution in [-0.4, -0.2) is 44.3 Å². The summed E-state index contributed by atoms with van der Waals surface area (Å²) in [5, 5.41) is 3.25. The smallest absolute Gasteiger partial charge is 0.267 e. The number of benzene rings is 1. The quantitative estimate of drug-likeness (QED) is 0.271. The number of carbonyl (C=O) groups excluding carboxylic acids is 1. The van der Waals surface area contributed by atoms with Crippen molar-refractivity contribution in [3.05, 3.63) is 80.6 Å². The van der Waals surface area contributed by atoms with Gasteiger partial charge in [-0.2, -0.15) is 0 Å². The van der Waals surface area contributed by atoms with Gasteiger partial charge in [-0.15, -0.1) is 0 Å². The minimum absolute atomic E-state index is 0.213. The zero-order valence-corrected chi connectivity index (χ0v) is 20.7. The molecule has 4 rings (SSSR count). The molecule has 3 aromatic rings. The van der Waals surface area contributed by atoms with Gasteiger partial charge in [-0.25, -0.2) is 4.98 Å². The normalized spacial score (nSPS) is 15.0. The van der Waals surface area contributed by atoms with Gasteiger partial charge in [0.1, 0.15) is 15.8 Å². The molecule has 0 atom stereocenters. The summed E-state index contributed by atoms with van der Waals surface area (Å²) in [6.07, 6.45) is 4.04. The second-order valence-electron chi connectivity index (χ2n) is 7.84. The first-order valence-corrected chi connectivity index (χ1v) is 12.3. The maximum Gasteiger partial charge on any atom is 0.267 e. The molecule has 1 fully saturated rings. The van der Waals surface area contributed by atoms with E-state index in [1.807, 2.05) is 44.2 Å². The third-order valence-corrected chi connectivity index (χ3v) is 6.72. The average molecular weight is 495 g/mol. The maximum atomic E-state index is 13.3. The van der Waals surface area contributed by atoms with Gasteiger partial charge in [-0.05, 0) is 44.0 Å². The van der Waals surface area contributed by atoms with Crippen molar-refractivity contribution in [2.24, 2.45) is 0 Å². The van der Waals surface area contributed by atoms with E-state index in [1.165, 1.54) is 16.2 Å². The summed E-state index contributed by atoms with van der Waals surface area (Å²) in [6, 6.07) is 13.4. The summed E-state index contributed by atoms with van der Waals surface area (Å²) in [4.78, 5) is 33.1. The first-order valence-electron chi connectivity index (χ1n) is 11.1. The Morgan fingerprint density at radius 3 is 2.74 bits per heavy atom. The average Bonchev–Trinajstić information content (AvgIpc) is 3.10. The zero-order chi connectivity index (χ0) is 24.1. The summed E-state index contributed by atoms with van der Waals surface area (Å²) in [5.74, 6) is 0.229. The first kappa shape index (κ1) is 24.1. The van der Waals surface area contributed by atoms with Gasteiger partial charge in [0.2, 0.25) is 0 Å². The Labute approximate surface area is 207 Å². The fourth-order valence-electron chi connectivity index (χ4n) is 3.54. The highest BCUT2D eigenvalue weighted by atomic mass is 32.2. The van der Waals surface area contributed by atoms with Gasteiger partial charge in [0.05, 0.1) is 17.0 Å². The van der Waals surface area contributed by atoms with Crippen molar-refractivity contribution in [2.45, 2.75) is 26.8 Å². The standard InChI is InChI=1S/C25H26N4O3S2/c1-3-32-14-6-12-26-22-19(23(30)28-13-5-4-7-21(28)27-22)15-20-24(31)29(25(33)34-20)16-18-10-8-17(2)9-11-18/h4-5,7-11,13,15,26H,3,6,12,14,16H2,1-2H3/b20-15-. The third-order valence-electron chi connectivity index (χ3n) is 5.34. The molecule has 1 aromatic carbocycles. The highest BCUT2D eigenvalue weighted by Gasteiger charge is 2.32. The SMILES string of the molecule is CCOCCCNc1nc2ccccn2c(=O)c1/C=C1\SC(=S)N(Cc2ccc(C)cc2)C1=O. The lowest BCUT2D eigenvalue weighted by molar-refractivity contribution is -0.122. The van der Waals surface area contributed by atoms with Gasteiger partial charge in [0.15, 0.2) is 0 Å². The molecule has 1 N–H and O–H groups in total. The van der Waals surface area contributed by atoms with Crippen LogP contribution in [0.25, 0.3) is 11.7 Å². The number of aromatic nitrogens is 2. The van der Waals surface area contributed by atoms with E-state index in [9.17, 15) is 9.59 Å². The Balaban J connectivity index is 1.64. The van der Waals surface area contributed by atoms with Gasteiger partial charge in [-0.1, -0.05) is 59.9 Å². The monoisotopic (exact) mass is 494 g/mol. The fraction of sp³-hybridized carbons (Fsp3) is 0.280. The molecule has 0 aliphatic carbocycles. The van der Waals surface area contributed by atoms with Crippen LogP contribution in [0.1, 0.15) is 30.0 Å². The molecule has 0 spiro atoms. The van der Waals surface area contributed by atoms with Crippen molar-refractivity contribution in [2.75, 3.05) is 25.1 Å². The number of amides is 1. The van der Waals surface area contributed by atoms with Crippen LogP contribution in [0.4, 0.5) is 5.82 Å². The van der Waals surface area contributed by atoms with Crippen molar-refractivity contribution in [1.82, 2.24) is 14.3 Å². The molecular weight excluding hydrogens is 468 g/mol. The topological polar surface area (TPSA) is 75.9 Å². The number of ether oxygens (including phenoxy) is 1. The van der Waals surface area contributed by atoms with E-state index < -0.39 is 0 Å². The van der Waals surface area contributed by atoms with Gasteiger partial charge < -0.3 is 10.1 Å². The van der Waals surface area contributed by atoms with E-state index in [-0.39, 0.29) is 11.5 Å². The summed E-state index contributed by atoms with van der Waals surface area (Å²) in [7, 11) is 0. The van der Waals surface area contributed by atoms with Gasteiger partial charge in [-0.3, -0.25) is 18.9 Å². The van der Waals surface area contributed by atoms with E-state index in [0.29, 0.717) is 52.6 Å². The Hall–Kier alpha value is -3.01. The number of thioether (sulfide) groups is 1. The lowest BCUT2D eigenvalue weighted by Crippen LogP contribution is -2.27. The molecule has 2 aromatic heterocycles. The number of hydrogen-bond donors (Lipinski definition) is 1. The number of hydrogen-bond acceptors (Lipinski definition) is 7. The predicted octanol–water partition coefficient (Wildman–Crippen LogP) is 4.24. The van der Waals surface area contributed by atoms with Crippen molar-refractivity contribution in [3.63, 3.8) is 0 Å². The maximum absolute atomic E-state index is 13.3. The molecule has 0 unspecified atom stereocenters. The van der Waals surface area contributed by atoms with Crippen molar-refractivity contribution in [1.29, 1.82) is 0 Å². The van der Waals surface area contributed by atoms with Crippen LogP contribution in [0.3, 0.4) is 0 Å². The Bertz CT molecular complexity index is 1300. The van der Waals surface area contributed by atoms with Crippen LogP contribution in [-0.2, 0) is 16.1 Å². The highest BCUT2D eigenvalue weighted by Crippen LogP contribution is 2.34. The molecule has 1 amide bonds. The zero-order valence-electron chi connectivity index (χ0n) is 19.1. The van der Waals surface area contributed by atoms with E-state index in [2.05, 4.69) is 10.3 Å². The van der Waals surface area contributed by atoms with E-state index >= 15 is 0 Å². The van der Waals surface area contributed by atoms with Crippen LogP contribution in [0.5, 0.6) is 0 Å². The van der Waals surface area contributed by atoms with Crippen LogP contribution in [0, 0.1) is 6.92 Å². The fourth-order valence-corrected chi connectivity index (χ4v) is 4.77. The largest absolute Gasteiger partial charge is 0.382 e. The first-order chi connectivity index (χ1) is 16.5. The minimum atomic E-state index is -0.248. The number of pyridine rings is 1. The minimum Gasteiger partial charge on any atom is -0.382 e. The Kier molecular flexibility index (Phi) is 7.77. The van der Waals surface area contributed by atoms with Crippen LogP contribution in [0.15, 0.2) is 58.4 Å². The molecular formula is C25H26N4O3S2. The molecule has 0 bridgehead atoms. The number of aryl methyl sites for hydroxylation is 1. The lowest BCUT2D eigenvalue weighted by Gasteiger charge is -2.14. The predicted molar refractivity (Wildman–Crippen MR) is 141 cm³/mol. The second-order valence-corrected chi connectivity index (χ2v) is 9.51. The second kappa shape index (κ2) is 10.9. The molecule has 0 radical (unpaired) electrons. The van der Waals surface area contributed by atoms with Crippen molar-refractivity contribution in [3.8, 4) is 0 Å². The van der Waals surface area contributed by atoms with Crippen molar-refractivity contribution >= 4 is 51.7 Å². The summed E-state index contributed by atoms with van der Waals surface area (Å²) >= 11 is 6.69. The molecule has 1 aliphatic heterocycles. The van der Waals surface area contributed by atoms with Gasteiger partial charge in [0.25, 0.3) is 11.5 Å². The van der Waals surface area contributed by atoms with E-state index in [0.717, 1.165) is 17.5 Å². The highest BCUT2D eigenvalue weighted by molar-refractivity contribution is 8.26. The van der Waals surface area contributed by atoms with Crippen LogP contribution >= 0.6 is 24.0 Å². The number of fused-ring (bicyclic) bond motifs is 1. The number of nitrogens with one attached hydrogen (secondary N) is 1. The molecule has 1 saturated heterocycles. The number of nitrogens with zero attached hydrogens (tertiary/aromatic N) is 3. The molecule has 3 heterocycles. The third kappa shape index (κ3) is 5.38. The summed E-state index contributed by atoms with van der Waals surface area (Å²) in [5.41, 5.74) is 2.76. The number of carbonyl (C=O) groups is 1. The summed E-state index contributed by atoms with van der Waals surface area (Å²) in [6.45, 7) is 6.22. The number of thiocarbonyl (C=S) groups is 1. The van der Waals surface area contributed by atoms with E-state index in [4.69, 9.17) is 17.0 Å². The van der Waals surface area contributed by atoms with Crippen molar-refractivity contribution < 1.29 is 9.53 Å². The van der Waals surface area contributed by atoms with Crippen LogP contribution in [0.2, 0.25) is 0 Å². The molecule has 1 aliphatic rings. The molecule has 176 valence electrons. The summed E-state index contributed by atoms with van der Waals surface area (Å²) < 4.78 is 7.34. The van der Waals surface area contributed by atoms with Gasteiger partial charge in [0, 0.05) is 26.0 Å². The van der Waals surface area contributed by atoms with Gasteiger partial charge >= 0.3 is 0 Å². The molecule has 7 nitrogen and oxygen atoms in total. The number of rotatable bonds is 9. The van der Waals surface area contributed by atoms with E-state index in [1.54, 1.807) is 29.3 Å². The van der Waals surface area contributed by atoms with Crippen LogP contribution < -0.4 is 10.9 Å². The molecule has 34 heavy (non-hydrogen) atoms. The molecule has 0 saturated carbocycles.